The number of nitrogens with one attached hydrogen (secondary N) is 1. The summed E-state index contributed by atoms with van der Waals surface area (Å²) >= 11 is 5.97. The molecule has 1 N–H and O–H groups in total. The molecule has 0 heterocycles. The van der Waals surface area contributed by atoms with Gasteiger partial charge in [0.05, 0.1) is 12.2 Å². The maximum atomic E-state index is 12.4. The van der Waals surface area contributed by atoms with Crippen molar-refractivity contribution in [3.63, 3.8) is 0 Å². The Kier molecular flexibility index (Phi) is 5.26. The third-order valence-electron chi connectivity index (χ3n) is 3.45. The van der Waals surface area contributed by atoms with Gasteiger partial charge in [-0.25, -0.2) is 0 Å². The van der Waals surface area contributed by atoms with Crippen molar-refractivity contribution in [2.45, 2.75) is 12.8 Å². The van der Waals surface area contributed by atoms with Gasteiger partial charge >= 0.3 is 0 Å². The minimum Gasteiger partial charge on any atom is -0.387 e. The molecule has 0 spiro atoms. The van der Waals surface area contributed by atoms with Crippen molar-refractivity contribution >= 4 is 23.2 Å². The normalized spacial score (nSPS) is 14.2. The summed E-state index contributed by atoms with van der Waals surface area (Å²) in [4.78, 5) is 14.1. The Morgan fingerprint density at radius 2 is 2.25 bits per heavy atom. The van der Waals surface area contributed by atoms with E-state index < -0.39 is 0 Å². The van der Waals surface area contributed by atoms with Crippen LogP contribution in [-0.4, -0.2) is 44.7 Å². The lowest BCUT2D eigenvalue weighted by molar-refractivity contribution is 0.0682. The van der Waals surface area contributed by atoms with Crippen molar-refractivity contribution in [1.29, 1.82) is 0 Å². The van der Waals surface area contributed by atoms with Gasteiger partial charge in [0.1, 0.15) is 0 Å². The van der Waals surface area contributed by atoms with Gasteiger partial charge in [0.25, 0.3) is 5.91 Å². The van der Waals surface area contributed by atoms with Crippen LogP contribution in [0.1, 0.15) is 23.2 Å². The number of amides is 1. The number of hydrogen-bond donors (Lipinski definition) is 1. The van der Waals surface area contributed by atoms with Crippen molar-refractivity contribution < 1.29 is 9.53 Å². The van der Waals surface area contributed by atoms with E-state index in [1.165, 1.54) is 12.8 Å². The molecule has 2 rings (SSSR count). The zero-order valence-electron chi connectivity index (χ0n) is 12.0. The molecule has 0 bridgehead atoms. The van der Waals surface area contributed by atoms with E-state index >= 15 is 0 Å². The molecule has 1 amide bonds. The van der Waals surface area contributed by atoms with Crippen LogP contribution in [-0.2, 0) is 4.74 Å². The van der Waals surface area contributed by atoms with Gasteiger partial charge in [-0.1, -0.05) is 11.6 Å². The zero-order chi connectivity index (χ0) is 14.5. The Bertz CT molecular complexity index is 475. The first-order valence-electron chi connectivity index (χ1n) is 6.92. The number of anilines is 1. The molecule has 0 radical (unpaired) electrons. The molecular weight excluding hydrogens is 276 g/mol. The number of benzene rings is 1. The number of ether oxygens (including phenoxy) is 1. The third kappa shape index (κ3) is 4.12. The zero-order valence-corrected chi connectivity index (χ0v) is 12.7. The van der Waals surface area contributed by atoms with Crippen molar-refractivity contribution in [3.8, 4) is 0 Å². The second-order valence-corrected chi connectivity index (χ2v) is 5.62. The first kappa shape index (κ1) is 15.1. The van der Waals surface area contributed by atoms with E-state index in [0.717, 1.165) is 18.2 Å². The fraction of sp³-hybridized carbons (Fsp3) is 0.533. The highest BCUT2D eigenvalue weighted by Gasteiger charge is 2.21. The summed E-state index contributed by atoms with van der Waals surface area (Å²) in [7, 11) is 3.57. The summed E-state index contributed by atoms with van der Waals surface area (Å²) in [6.07, 6.45) is 2.56. The van der Waals surface area contributed by atoms with Crippen LogP contribution < -0.4 is 5.32 Å². The summed E-state index contributed by atoms with van der Waals surface area (Å²) in [6, 6.07) is 5.27. The summed E-state index contributed by atoms with van der Waals surface area (Å²) in [5.41, 5.74) is 1.37. The smallest absolute Gasteiger partial charge is 0.255 e. The Balaban J connectivity index is 1.89. The molecule has 110 valence electrons. The minimum absolute atomic E-state index is 0.0492. The Labute approximate surface area is 125 Å². The minimum atomic E-state index is -0.0492. The van der Waals surface area contributed by atoms with E-state index in [1.807, 2.05) is 6.07 Å². The van der Waals surface area contributed by atoms with Gasteiger partial charge in [-0.2, -0.15) is 0 Å². The fourth-order valence-corrected chi connectivity index (χ4v) is 2.13. The van der Waals surface area contributed by atoms with Crippen LogP contribution in [0, 0.1) is 5.92 Å². The number of halogens is 1. The molecule has 0 aliphatic heterocycles. The number of rotatable bonds is 7. The van der Waals surface area contributed by atoms with E-state index in [9.17, 15) is 4.79 Å². The van der Waals surface area contributed by atoms with Crippen LogP contribution in [0.2, 0.25) is 5.02 Å². The topological polar surface area (TPSA) is 41.6 Å². The highest BCUT2D eigenvalue weighted by atomic mass is 35.5. The summed E-state index contributed by atoms with van der Waals surface area (Å²) < 4.78 is 5.56. The lowest BCUT2D eigenvalue weighted by atomic mass is 10.1. The highest BCUT2D eigenvalue weighted by molar-refractivity contribution is 6.31. The van der Waals surface area contributed by atoms with E-state index in [-0.39, 0.29) is 5.91 Å². The lowest BCUT2D eigenvalue weighted by Gasteiger charge is -2.19. The van der Waals surface area contributed by atoms with Gasteiger partial charge < -0.3 is 15.0 Å². The van der Waals surface area contributed by atoms with Crippen LogP contribution in [0.4, 0.5) is 5.69 Å². The monoisotopic (exact) mass is 296 g/mol. The van der Waals surface area contributed by atoms with Crippen LogP contribution >= 0.6 is 11.6 Å². The summed E-state index contributed by atoms with van der Waals surface area (Å²) in [5.74, 6) is 0.701. The maximum Gasteiger partial charge on any atom is 0.255 e. The van der Waals surface area contributed by atoms with E-state index in [4.69, 9.17) is 16.3 Å². The molecule has 1 aliphatic rings. The number of hydrogen-bond acceptors (Lipinski definition) is 3. The quantitative estimate of drug-likeness (QED) is 0.787. The fourth-order valence-electron chi connectivity index (χ4n) is 1.95. The molecule has 0 unspecified atom stereocenters. The van der Waals surface area contributed by atoms with Crippen molar-refractivity contribution in [1.82, 2.24) is 4.90 Å². The number of carbonyl (C=O) groups excluding carboxylic acids is 1. The van der Waals surface area contributed by atoms with Gasteiger partial charge in [0.2, 0.25) is 0 Å². The predicted octanol–water partition coefficient (Wildman–Crippen LogP) is 2.88. The van der Waals surface area contributed by atoms with E-state index in [0.29, 0.717) is 23.7 Å². The number of nitrogens with zero attached hydrogens (tertiary/aromatic N) is 1. The van der Waals surface area contributed by atoms with Crippen LogP contribution in [0.25, 0.3) is 0 Å². The first-order chi connectivity index (χ1) is 9.61. The van der Waals surface area contributed by atoms with Gasteiger partial charge in [-0.3, -0.25) is 4.79 Å². The Morgan fingerprint density at radius 3 is 2.90 bits per heavy atom. The summed E-state index contributed by atoms with van der Waals surface area (Å²) in [5, 5.41) is 3.57. The van der Waals surface area contributed by atoms with Gasteiger partial charge in [-0.05, 0) is 37.0 Å². The van der Waals surface area contributed by atoms with Crippen molar-refractivity contribution in [2.75, 3.05) is 39.2 Å². The first-order valence-corrected chi connectivity index (χ1v) is 7.30. The van der Waals surface area contributed by atoms with Gasteiger partial charge in [0.15, 0.2) is 0 Å². The second kappa shape index (κ2) is 6.95. The molecule has 1 aromatic carbocycles. The molecule has 1 saturated carbocycles. The van der Waals surface area contributed by atoms with Crippen molar-refractivity contribution in [2.24, 2.45) is 5.92 Å². The molecule has 0 saturated heterocycles. The highest BCUT2D eigenvalue weighted by Crippen LogP contribution is 2.28. The van der Waals surface area contributed by atoms with Gasteiger partial charge in [-0.15, -0.1) is 0 Å². The predicted molar refractivity (Wildman–Crippen MR) is 81.5 cm³/mol. The SMILES string of the molecule is CNc1ccc(Cl)cc1C(=O)N(C)CCOCC1CC1. The largest absolute Gasteiger partial charge is 0.387 e. The van der Waals surface area contributed by atoms with Crippen LogP contribution in [0.3, 0.4) is 0 Å². The van der Waals surface area contributed by atoms with Crippen molar-refractivity contribution in [3.05, 3.63) is 28.8 Å². The summed E-state index contributed by atoms with van der Waals surface area (Å²) in [6.45, 7) is 1.98. The Morgan fingerprint density at radius 1 is 1.50 bits per heavy atom. The molecule has 1 aromatic rings. The molecule has 0 atom stereocenters. The van der Waals surface area contributed by atoms with E-state index in [2.05, 4.69) is 5.32 Å². The molecule has 5 heteroatoms. The molecule has 1 aliphatic carbocycles. The number of likely N-dealkylation sites (N-methyl/N-ethyl adjacent to an activating group) is 1. The number of carbonyl (C=O) groups is 1. The maximum absolute atomic E-state index is 12.4. The van der Waals surface area contributed by atoms with Crippen LogP contribution in [0.5, 0.6) is 0 Å². The molecule has 1 fully saturated rings. The second-order valence-electron chi connectivity index (χ2n) is 5.18. The van der Waals surface area contributed by atoms with Gasteiger partial charge in [0, 0.05) is 38.0 Å². The molecule has 20 heavy (non-hydrogen) atoms. The van der Waals surface area contributed by atoms with E-state index in [1.54, 1.807) is 31.1 Å². The molecule has 0 aromatic heterocycles. The molecular formula is C15H21ClN2O2. The molecule has 4 nitrogen and oxygen atoms in total. The standard InChI is InChI=1S/C15H21ClN2O2/c1-17-14-6-5-12(16)9-13(14)15(19)18(2)7-8-20-10-11-3-4-11/h5-6,9,11,17H,3-4,7-8,10H2,1-2H3. The third-order valence-corrected chi connectivity index (χ3v) is 3.68. The average molecular weight is 297 g/mol. The average Bonchev–Trinajstić information content (AvgIpc) is 3.26. The van der Waals surface area contributed by atoms with Crippen LogP contribution in [0.15, 0.2) is 18.2 Å². The lowest BCUT2D eigenvalue weighted by Crippen LogP contribution is -2.30. The Hall–Kier alpha value is -1.26.